The molecular weight excluding hydrogens is 1120 g/mol. The fourth-order valence-corrected chi connectivity index (χ4v) is 13.5. The molecule has 0 saturated carbocycles. The number of aromatic nitrogens is 2. The van der Waals surface area contributed by atoms with Crippen LogP contribution in [0.1, 0.15) is 109 Å². The van der Waals surface area contributed by atoms with E-state index in [1.165, 1.54) is 10.1 Å². The summed E-state index contributed by atoms with van der Waals surface area (Å²) < 4.78 is 115. The molecule has 0 spiro atoms. The summed E-state index contributed by atoms with van der Waals surface area (Å²) in [6, 6.07) is 40.1. The topological polar surface area (TPSA) is 65.2 Å². The molecule has 14 heteroatoms. The zero-order valence-corrected chi connectivity index (χ0v) is 50.0. The quantitative estimate of drug-likeness (QED) is 0.164. The van der Waals surface area contributed by atoms with Gasteiger partial charge in [-0.25, -0.2) is 0 Å². The van der Waals surface area contributed by atoms with Crippen molar-refractivity contribution in [2.24, 2.45) is 0 Å². The molecular formula is C68H72B3BrN2O6S2. The van der Waals surface area contributed by atoms with Crippen LogP contribution in [-0.4, -0.2) is 63.9 Å². The Morgan fingerprint density at radius 2 is 0.695 bits per heavy atom. The van der Waals surface area contributed by atoms with E-state index >= 15 is 0 Å². The second-order valence-electron chi connectivity index (χ2n) is 23.8. The Morgan fingerprint density at radius 1 is 0.378 bits per heavy atom. The summed E-state index contributed by atoms with van der Waals surface area (Å²) in [7, 11) is -1.95. The lowest BCUT2D eigenvalue weighted by Crippen LogP contribution is -2.41. The molecule has 0 unspecified atom stereocenters. The van der Waals surface area contributed by atoms with Crippen molar-refractivity contribution >= 4 is 149 Å². The Hall–Kier alpha value is -5.77. The van der Waals surface area contributed by atoms with Gasteiger partial charge in [0.05, 0.1) is 76.0 Å². The molecule has 8 nitrogen and oxygen atoms in total. The molecule has 0 atom stereocenters. The number of fused-ring (bicyclic) bond motifs is 14. The molecule has 82 heavy (non-hydrogen) atoms. The molecule has 3 aliphatic rings. The lowest BCUT2D eigenvalue weighted by Gasteiger charge is -2.32. The van der Waals surface area contributed by atoms with Crippen LogP contribution in [0.3, 0.4) is 0 Å². The van der Waals surface area contributed by atoms with Gasteiger partial charge in [0, 0.05) is 68.3 Å². The van der Waals surface area contributed by atoms with Gasteiger partial charge >= 0.3 is 21.1 Å². The molecule has 0 amide bonds. The molecule has 418 valence electrons. The van der Waals surface area contributed by atoms with Gasteiger partial charge in [-0.1, -0.05) is 140 Å². The Kier molecular flexibility index (Phi) is 12.3. The van der Waals surface area contributed by atoms with Gasteiger partial charge in [0.25, 0.3) is 0 Å². The average Bonchev–Trinajstić information content (AvgIpc) is 1.69. The first kappa shape index (κ1) is 48.6. The average molecular weight is 1200 g/mol. The highest BCUT2D eigenvalue weighted by Crippen LogP contribution is 2.47. The number of hydrogen-bond acceptors (Lipinski definition) is 8. The summed E-state index contributed by atoms with van der Waals surface area (Å²) in [5, 5.41) is 8.64. The van der Waals surface area contributed by atoms with Gasteiger partial charge in [-0.2, -0.15) is 0 Å². The van der Waals surface area contributed by atoms with E-state index < -0.39 is 32.3 Å². The van der Waals surface area contributed by atoms with Crippen LogP contribution >= 0.6 is 38.6 Å². The normalized spacial score (nSPS) is 19.7. The monoisotopic (exact) mass is 1200 g/mol. The second-order valence-corrected chi connectivity index (χ2v) is 26.7. The number of hydrogen-bond donors (Lipinski definition) is 0. The van der Waals surface area contributed by atoms with Gasteiger partial charge in [-0.15, -0.1) is 22.7 Å². The van der Waals surface area contributed by atoms with Crippen LogP contribution in [0.2, 0.25) is 0 Å². The molecule has 3 aliphatic heterocycles. The molecule has 0 aliphatic carbocycles. The van der Waals surface area contributed by atoms with Crippen LogP contribution in [0.5, 0.6) is 0 Å². The van der Waals surface area contributed by atoms with E-state index in [2.05, 4.69) is 64.5 Å². The third-order valence-corrected chi connectivity index (χ3v) is 20.1. The zero-order chi connectivity index (χ0) is 62.9. The van der Waals surface area contributed by atoms with Gasteiger partial charge in [0.1, 0.15) is 0 Å². The van der Waals surface area contributed by atoms with E-state index in [9.17, 15) is 0 Å². The summed E-state index contributed by atoms with van der Waals surface area (Å²) in [5.41, 5.74) is 1.36. The van der Waals surface area contributed by atoms with Crippen molar-refractivity contribution in [2.75, 3.05) is 0 Å². The van der Waals surface area contributed by atoms with Crippen LogP contribution in [0.25, 0.3) is 95.3 Å². The number of thiophene rings is 2. The van der Waals surface area contributed by atoms with Gasteiger partial charge in [0.2, 0.25) is 0 Å². The molecule has 8 aromatic carbocycles. The molecule has 3 fully saturated rings. The number of halogens is 1. The summed E-state index contributed by atoms with van der Waals surface area (Å²) in [5.74, 6) is 0. The van der Waals surface area contributed by atoms with E-state index in [1.54, 1.807) is 22.7 Å². The first-order chi connectivity index (χ1) is 41.4. The van der Waals surface area contributed by atoms with Crippen molar-refractivity contribution in [3.63, 3.8) is 0 Å². The zero-order valence-electron chi connectivity index (χ0n) is 54.8. The Morgan fingerprint density at radius 3 is 1.09 bits per heavy atom. The minimum Gasteiger partial charge on any atom is -0.405 e. The van der Waals surface area contributed by atoms with Crippen molar-refractivity contribution in [3.8, 4) is 11.4 Å². The maximum Gasteiger partial charge on any atom is 0.494 e. The lowest BCUT2D eigenvalue weighted by molar-refractivity contribution is 0.00578. The highest BCUT2D eigenvalue weighted by Gasteiger charge is 2.64. The third-order valence-electron chi connectivity index (χ3n) is 17.3. The molecule has 3 saturated heterocycles. The SMILES string of the molecule is C.C.CC1(C)OB(B2OC(C)(C)C(C)(C)O2)OC1(C)C.[2H]c1c([2H])c(-n2c3ccccc3c3ccc4c5ccccc5sc4c32)c([2H])c([2H])c1B1OC(C)(C)C(C)(C)O1.[2H]c1c([2H])c(-n2c3ccccc3c3ccc4c5ccccc5sc4c32)c([2H])c([2H])c1Br. The summed E-state index contributed by atoms with van der Waals surface area (Å²) in [6.45, 7) is 23.8. The molecule has 0 bridgehead atoms. The van der Waals surface area contributed by atoms with E-state index in [4.69, 9.17) is 38.9 Å². The standard InChI is InChI=1S/C30H26BNO2S.C24H14BrNS.C12H24B2O4.2CH4/c1-29(2)30(3,4)34-31(33-29)19-13-15-20(16-14-19)32-25-11-7-5-9-21(25)23-17-18-24-22-10-6-8-12-26(22)35-28(24)27(23)32;25-15-9-11-16(12-10-15)26-21-7-3-1-5-17(21)19-13-14-20-18-6-2-4-8-22(18)27-24(20)23(19)26;1-9(2)10(3,4)16-13(15-9)14-17-11(5,6)12(7,8)18-14;;/h5-18H,1-4H3;1-14H;1-8H3;2*1H4/i13D,14D,15D,16D;9D,10D,11D,12D;;;. The van der Waals surface area contributed by atoms with Gasteiger partial charge in [-0.3, -0.25) is 0 Å². The first-order valence-corrected chi connectivity index (χ1v) is 29.4. The summed E-state index contributed by atoms with van der Waals surface area (Å²) in [6.07, 6.45) is 0. The predicted molar refractivity (Wildman–Crippen MR) is 356 cm³/mol. The highest BCUT2D eigenvalue weighted by molar-refractivity contribution is 9.10. The minimum atomic E-state index is -0.996. The molecule has 15 rings (SSSR count). The fourth-order valence-electron chi connectivity index (χ4n) is 10.8. The maximum absolute atomic E-state index is 9.16. The van der Waals surface area contributed by atoms with Crippen molar-refractivity contribution in [3.05, 3.63) is 174 Å². The largest absolute Gasteiger partial charge is 0.494 e. The first-order valence-electron chi connectivity index (χ1n) is 31.0. The fraction of sp³-hybridized carbons (Fsp3) is 0.294. The number of rotatable bonds is 4. The highest BCUT2D eigenvalue weighted by atomic mass is 79.9. The van der Waals surface area contributed by atoms with Crippen molar-refractivity contribution in [1.29, 1.82) is 0 Å². The van der Waals surface area contributed by atoms with Crippen molar-refractivity contribution in [1.82, 2.24) is 9.13 Å². The third kappa shape index (κ3) is 9.45. The van der Waals surface area contributed by atoms with Crippen LogP contribution in [0.15, 0.2) is 174 Å². The van der Waals surface area contributed by atoms with Gasteiger partial charge in [0.15, 0.2) is 0 Å². The smallest absolute Gasteiger partial charge is 0.405 e. The predicted octanol–water partition coefficient (Wildman–Crippen LogP) is 18.9. The molecule has 4 aromatic heterocycles. The van der Waals surface area contributed by atoms with E-state index in [0.717, 1.165) is 73.9 Å². The number of para-hydroxylation sites is 2. The summed E-state index contributed by atoms with van der Waals surface area (Å²) >= 11 is 6.59. The lowest BCUT2D eigenvalue weighted by atomic mass is 9.49. The van der Waals surface area contributed by atoms with Crippen LogP contribution in [-0.2, 0) is 27.9 Å². The van der Waals surface area contributed by atoms with E-state index in [1.807, 2.05) is 165 Å². The minimum absolute atomic E-state index is 0. The van der Waals surface area contributed by atoms with E-state index in [-0.39, 0.29) is 107 Å². The van der Waals surface area contributed by atoms with Crippen molar-refractivity contribution < 1.29 is 38.9 Å². The van der Waals surface area contributed by atoms with Crippen LogP contribution in [0.4, 0.5) is 0 Å². The maximum atomic E-state index is 9.16. The van der Waals surface area contributed by atoms with Crippen LogP contribution in [0, 0.1) is 0 Å². The molecule has 0 N–H and O–H groups in total. The van der Waals surface area contributed by atoms with E-state index in [0.29, 0.717) is 0 Å². The molecule has 7 heterocycles. The molecule has 12 aromatic rings. The van der Waals surface area contributed by atoms with Gasteiger partial charge < -0.3 is 37.1 Å². The number of nitrogens with zero attached hydrogens (tertiary/aromatic N) is 2. The Bertz CT molecular complexity index is 4770. The van der Waals surface area contributed by atoms with Crippen LogP contribution < -0.4 is 5.46 Å². The summed E-state index contributed by atoms with van der Waals surface area (Å²) in [4.78, 5) is 0. The van der Waals surface area contributed by atoms with Gasteiger partial charge in [-0.05, 0) is 149 Å². The Labute approximate surface area is 511 Å². The van der Waals surface area contributed by atoms with Crippen molar-refractivity contribution in [2.45, 2.75) is 132 Å². The second kappa shape index (κ2) is 20.8. The number of benzene rings is 8. The Balaban J connectivity index is 0.000000146. The molecule has 0 radical (unpaired) electrons.